The normalized spacial score (nSPS) is 10.7. The summed E-state index contributed by atoms with van der Waals surface area (Å²) in [6.07, 6.45) is 0.513. The van der Waals surface area contributed by atoms with Crippen LogP contribution in [0.25, 0.3) is 11.0 Å². The minimum absolute atomic E-state index is 0.181. The molecule has 1 aromatic heterocycles. The van der Waals surface area contributed by atoms with Gasteiger partial charge in [0.25, 0.3) is 0 Å². The Labute approximate surface area is 129 Å². The zero-order chi connectivity index (χ0) is 16.3. The van der Waals surface area contributed by atoms with E-state index in [0.29, 0.717) is 24.2 Å². The fourth-order valence-corrected chi connectivity index (χ4v) is 2.41. The lowest BCUT2D eigenvalue weighted by molar-refractivity contribution is -0.143. The average Bonchev–Trinajstić information content (AvgIpc) is 2.46. The maximum atomic E-state index is 12.2. The van der Waals surface area contributed by atoms with Crippen LogP contribution in [0.15, 0.2) is 27.4 Å². The number of esters is 1. The second-order valence-electron chi connectivity index (χ2n) is 5.37. The van der Waals surface area contributed by atoms with Crippen LogP contribution < -0.4 is 10.5 Å². The summed E-state index contributed by atoms with van der Waals surface area (Å²) in [4.78, 5) is 25.6. The Hall–Kier alpha value is -2.30. The summed E-state index contributed by atoms with van der Waals surface area (Å²) in [5, 5.41) is 0.893. The maximum absolute atomic E-state index is 12.2. The smallest absolute Gasteiger partial charge is 0.339 e. The molecule has 0 saturated heterocycles. The van der Waals surface area contributed by atoms with E-state index >= 15 is 0 Å². The van der Waals surface area contributed by atoms with Gasteiger partial charge in [0.2, 0.25) is 0 Å². The Morgan fingerprint density at radius 2 is 2.05 bits per heavy atom. The van der Waals surface area contributed by atoms with Crippen molar-refractivity contribution in [2.45, 2.75) is 26.7 Å². The number of carbonyl (C=O) groups is 1. The number of hydrogen-bond acceptors (Lipinski definition) is 5. The summed E-state index contributed by atoms with van der Waals surface area (Å²) in [5.74, 6) is -0.302. The van der Waals surface area contributed by atoms with Crippen molar-refractivity contribution in [2.24, 2.45) is 0 Å². The third-order valence-electron chi connectivity index (χ3n) is 3.67. The minimum atomic E-state index is -0.384. The number of hydrogen-bond donors (Lipinski definition) is 0. The predicted molar refractivity (Wildman–Crippen MR) is 86.5 cm³/mol. The van der Waals surface area contributed by atoms with Crippen LogP contribution in [0.3, 0.4) is 0 Å². The lowest BCUT2D eigenvalue weighted by Crippen LogP contribution is -2.14. The molecule has 0 saturated carbocycles. The molecule has 0 bridgehead atoms. The number of carbonyl (C=O) groups excluding carboxylic acids is 1. The van der Waals surface area contributed by atoms with Crippen molar-refractivity contribution in [3.05, 3.63) is 39.7 Å². The Morgan fingerprint density at radius 1 is 1.32 bits per heavy atom. The Morgan fingerprint density at radius 3 is 2.68 bits per heavy atom. The first kappa shape index (κ1) is 16.1. The highest BCUT2D eigenvalue weighted by Crippen LogP contribution is 2.24. The molecule has 0 unspecified atom stereocenters. The van der Waals surface area contributed by atoms with Gasteiger partial charge in [0.05, 0.1) is 6.61 Å². The van der Waals surface area contributed by atoms with Crippen molar-refractivity contribution >= 4 is 22.6 Å². The summed E-state index contributed by atoms with van der Waals surface area (Å²) in [5.41, 5.74) is 2.55. The molecule has 1 heterocycles. The third kappa shape index (κ3) is 3.30. The number of nitrogens with zero attached hydrogens (tertiary/aromatic N) is 1. The van der Waals surface area contributed by atoms with Crippen LogP contribution in [0.2, 0.25) is 0 Å². The highest BCUT2D eigenvalue weighted by Gasteiger charge is 2.14. The number of benzene rings is 1. The molecule has 118 valence electrons. The van der Waals surface area contributed by atoms with E-state index < -0.39 is 0 Å². The highest BCUT2D eigenvalue weighted by molar-refractivity contribution is 5.84. The zero-order valence-electron chi connectivity index (χ0n) is 13.4. The van der Waals surface area contributed by atoms with Gasteiger partial charge < -0.3 is 14.1 Å². The number of aryl methyl sites for hydroxylation is 1. The molecule has 0 atom stereocenters. The van der Waals surface area contributed by atoms with E-state index in [1.807, 2.05) is 44.1 Å². The zero-order valence-corrected chi connectivity index (χ0v) is 13.4. The SMILES string of the molecule is CCOC(=O)CCc1c(C)c2ccc(N(C)C)cc2oc1=O. The van der Waals surface area contributed by atoms with Crippen molar-refractivity contribution < 1.29 is 13.9 Å². The van der Waals surface area contributed by atoms with Crippen molar-refractivity contribution in [3.63, 3.8) is 0 Å². The molecular formula is C17H21NO4. The van der Waals surface area contributed by atoms with Crippen molar-refractivity contribution in [1.29, 1.82) is 0 Å². The van der Waals surface area contributed by atoms with Crippen LogP contribution in [0, 0.1) is 6.92 Å². The lowest BCUT2D eigenvalue weighted by atomic mass is 10.0. The summed E-state index contributed by atoms with van der Waals surface area (Å²) in [6, 6.07) is 5.76. The van der Waals surface area contributed by atoms with Gasteiger partial charge in [0, 0.05) is 43.2 Å². The number of anilines is 1. The van der Waals surface area contributed by atoms with Gasteiger partial charge in [-0.25, -0.2) is 4.79 Å². The molecule has 0 amide bonds. The summed E-state index contributed by atoms with van der Waals surface area (Å²) in [7, 11) is 3.86. The molecule has 1 aromatic carbocycles. The first-order valence-electron chi connectivity index (χ1n) is 7.33. The Kier molecular flexibility index (Phi) is 4.85. The molecule has 0 fully saturated rings. The van der Waals surface area contributed by atoms with Gasteiger partial charge >= 0.3 is 11.6 Å². The molecule has 2 rings (SSSR count). The van der Waals surface area contributed by atoms with Gasteiger partial charge in [0.1, 0.15) is 5.58 Å². The number of fused-ring (bicyclic) bond motifs is 1. The Balaban J connectivity index is 2.38. The van der Waals surface area contributed by atoms with E-state index in [1.54, 1.807) is 6.92 Å². The quantitative estimate of drug-likeness (QED) is 0.628. The molecule has 0 N–H and O–H groups in total. The molecule has 22 heavy (non-hydrogen) atoms. The van der Waals surface area contributed by atoms with Crippen molar-refractivity contribution in [1.82, 2.24) is 0 Å². The fraction of sp³-hybridized carbons (Fsp3) is 0.412. The van der Waals surface area contributed by atoms with Gasteiger partial charge in [-0.1, -0.05) is 0 Å². The van der Waals surface area contributed by atoms with Crippen LogP contribution in [0.4, 0.5) is 5.69 Å². The fourth-order valence-electron chi connectivity index (χ4n) is 2.41. The summed E-state index contributed by atoms with van der Waals surface area (Å²) >= 11 is 0. The molecule has 5 heteroatoms. The van der Waals surface area contributed by atoms with Gasteiger partial charge in [-0.3, -0.25) is 4.79 Å². The van der Waals surface area contributed by atoms with Crippen LogP contribution in [0.1, 0.15) is 24.5 Å². The van der Waals surface area contributed by atoms with Crippen LogP contribution >= 0.6 is 0 Å². The van der Waals surface area contributed by atoms with Gasteiger partial charge in [0.15, 0.2) is 0 Å². The molecule has 0 aliphatic heterocycles. The monoisotopic (exact) mass is 303 g/mol. The van der Waals surface area contributed by atoms with Crippen molar-refractivity contribution in [3.8, 4) is 0 Å². The first-order valence-corrected chi connectivity index (χ1v) is 7.33. The van der Waals surface area contributed by atoms with Gasteiger partial charge in [-0.2, -0.15) is 0 Å². The first-order chi connectivity index (χ1) is 10.4. The second kappa shape index (κ2) is 6.64. The molecule has 0 aliphatic carbocycles. The number of rotatable bonds is 5. The van der Waals surface area contributed by atoms with E-state index in [0.717, 1.165) is 16.6 Å². The second-order valence-corrected chi connectivity index (χ2v) is 5.37. The van der Waals surface area contributed by atoms with Crippen molar-refractivity contribution in [2.75, 3.05) is 25.6 Å². The Bertz CT molecular complexity index is 746. The molecule has 5 nitrogen and oxygen atoms in total. The molecule has 2 aromatic rings. The summed E-state index contributed by atoms with van der Waals surface area (Å²) < 4.78 is 10.3. The van der Waals surface area contributed by atoms with Crippen LogP contribution in [-0.2, 0) is 16.0 Å². The van der Waals surface area contributed by atoms with E-state index in [1.165, 1.54) is 0 Å². The lowest BCUT2D eigenvalue weighted by Gasteiger charge is -2.14. The summed E-state index contributed by atoms with van der Waals surface area (Å²) in [6.45, 7) is 3.99. The maximum Gasteiger partial charge on any atom is 0.339 e. The molecular weight excluding hydrogens is 282 g/mol. The average molecular weight is 303 g/mol. The highest BCUT2D eigenvalue weighted by atomic mass is 16.5. The largest absolute Gasteiger partial charge is 0.466 e. The van der Waals surface area contributed by atoms with E-state index in [-0.39, 0.29) is 18.0 Å². The van der Waals surface area contributed by atoms with E-state index in [2.05, 4.69) is 0 Å². The van der Waals surface area contributed by atoms with E-state index in [4.69, 9.17) is 9.15 Å². The number of ether oxygens (including phenoxy) is 1. The topological polar surface area (TPSA) is 59.8 Å². The molecule has 0 radical (unpaired) electrons. The standard InChI is InChI=1S/C17H21NO4/c1-5-21-16(19)9-8-14-11(2)13-7-6-12(18(3)4)10-15(13)22-17(14)20/h6-7,10H,5,8-9H2,1-4H3. The van der Waals surface area contributed by atoms with Gasteiger partial charge in [-0.15, -0.1) is 0 Å². The van der Waals surface area contributed by atoms with Gasteiger partial charge in [-0.05, 0) is 38.0 Å². The van der Waals surface area contributed by atoms with Crippen LogP contribution in [-0.4, -0.2) is 26.7 Å². The third-order valence-corrected chi connectivity index (χ3v) is 3.67. The van der Waals surface area contributed by atoms with E-state index in [9.17, 15) is 9.59 Å². The minimum Gasteiger partial charge on any atom is -0.466 e. The molecule has 0 spiro atoms. The molecule has 0 aliphatic rings. The predicted octanol–water partition coefficient (Wildman–Crippen LogP) is 2.66. The van der Waals surface area contributed by atoms with Crippen LogP contribution in [0.5, 0.6) is 0 Å².